The van der Waals surface area contributed by atoms with Crippen molar-refractivity contribution in [2.24, 2.45) is 0 Å². The van der Waals surface area contributed by atoms with Crippen LogP contribution in [0, 0.1) is 6.92 Å². The van der Waals surface area contributed by atoms with Crippen LogP contribution < -0.4 is 61.6 Å². The van der Waals surface area contributed by atoms with Crippen molar-refractivity contribution in [3.63, 3.8) is 0 Å². The number of rotatable bonds is 7. The van der Waals surface area contributed by atoms with Crippen molar-refractivity contribution in [2.75, 3.05) is 19.8 Å². The van der Waals surface area contributed by atoms with E-state index in [-0.39, 0.29) is 76.8 Å². The first-order valence-electron chi connectivity index (χ1n) is 6.17. The van der Waals surface area contributed by atoms with E-state index >= 15 is 0 Å². The molecule has 0 radical (unpaired) electrons. The fraction of sp³-hybridized carbons (Fsp3) is 0.500. The zero-order chi connectivity index (χ0) is 16.1. The fourth-order valence-electron chi connectivity index (χ4n) is 1.59. The third-order valence-electron chi connectivity index (χ3n) is 2.47. The van der Waals surface area contributed by atoms with Crippen molar-refractivity contribution >= 4 is 12.4 Å². The molecular formula is C12H14BF6KO2. The van der Waals surface area contributed by atoms with Crippen molar-refractivity contribution in [2.45, 2.75) is 19.5 Å². The van der Waals surface area contributed by atoms with Crippen LogP contribution in [-0.4, -0.2) is 33.0 Å². The average Bonchev–Trinajstić information content (AvgIpc) is 2.32. The third-order valence-corrected chi connectivity index (χ3v) is 2.47. The Morgan fingerprint density at radius 1 is 1.09 bits per heavy atom. The Balaban J connectivity index is 0.00000441. The first-order valence-corrected chi connectivity index (χ1v) is 6.17. The summed E-state index contributed by atoms with van der Waals surface area (Å²) in [6, 6.07) is 3.66. The molecule has 0 bridgehead atoms. The Morgan fingerprint density at radius 2 is 1.73 bits per heavy atom. The smallest absolute Gasteiger partial charge is 0.496 e. The van der Waals surface area contributed by atoms with Gasteiger partial charge in [-0.05, 0) is 13.0 Å². The maximum Gasteiger partial charge on any atom is 1.00 e. The van der Waals surface area contributed by atoms with Crippen LogP contribution in [0.4, 0.5) is 26.1 Å². The Labute approximate surface area is 167 Å². The van der Waals surface area contributed by atoms with Crippen LogP contribution in [0.5, 0.6) is 5.75 Å². The summed E-state index contributed by atoms with van der Waals surface area (Å²) in [5.41, 5.74) is -0.392. The Morgan fingerprint density at radius 3 is 2.27 bits per heavy atom. The molecule has 0 atom stereocenters. The van der Waals surface area contributed by atoms with Gasteiger partial charge in [0.2, 0.25) is 0 Å². The van der Waals surface area contributed by atoms with Crippen molar-refractivity contribution in [1.82, 2.24) is 0 Å². The minimum absolute atomic E-state index is 0. The van der Waals surface area contributed by atoms with E-state index in [4.69, 9.17) is 4.74 Å². The Kier molecular flexibility index (Phi) is 9.64. The van der Waals surface area contributed by atoms with Gasteiger partial charge in [0.15, 0.2) is 0 Å². The van der Waals surface area contributed by atoms with Gasteiger partial charge in [0.05, 0.1) is 19.0 Å². The standard InChI is InChI=1S/C12H14BF6O2.K/c1-9-3-4-11(10(7-9)13(17,18)19)21-6-2-5-20-8-12(14,15)16;/h3-4,7H,2,5-6,8H2,1H3;/q-1;+1. The van der Waals surface area contributed by atoms with E-state index in [1.54, 1.807) is 0 Å². The molecule has 0 unspecified atom stereocenters. The molecule has 10 heteroatoms. The summed E-state index contributed by atoms with van der Waals surface area (Å²) in [6.45, 7) is -5.45. The molecule has 1 aromatic carbocycles. The molecular weight excluding hydrogens is 340 g/mol. The minimum atomic E-state index is -5.21. The summed E-state index contributed by atoms with van der Waals surface area (Å²) >= 11 is 0. The van der Waals surface area contributed by atoms with E-state index in [0.29, 0.717) is 5.56 Å². The molecule has 0 amide bonds. The third kappa shape index (κ3) is 8.78. The summed E-state index contributed by atoms with van der Waals surface area (Å²) in [4.78, 5) is 0. The molecule has 0 fully saturated rings. The van der Waals surface area contributed by atoms with Crippen LogP contribution in [0.25, 0.3) is 0 Å². The SMILES string of the molecule is Cc1ccc(OCCCOCC(F)(F)F)c([B-](F)(F)F)c1.[K+]. The Bertz CT molecular complexity index is 464. The van der Waals surface area contributed by atoms with Crippen LogP contribution in [0.15, 0.2) is 18.2 Å². The van der Waals surface area contributed by atoms with Crippen molar-refractivity contribution < 1.29 is 87.0 Å². The first kappa shape index (κ1) is 22.3. The van der Waals surface area contributed by atoms with E-state index in [1.807, 2.05) is 0 Å². The molecule has 0 spiro atoms. The predicted octanol–water partition coefficient (Wildman–Crippen LogP) is 0.401. The minimum Gasteiger partial charge on any atom is -0.496 e. The molecule has 0 heterocycles. The van der Waals surface area contributed by atoms with Crippen LogP contribution in [-0.2, 0) is 4.74 Å². The van der Waals surface area contributed by atoms with Gasteiger partial charge < -0.3 is 22.4 Å². The van der Waals surface area contributed by atoms with Gasteiger partial charge in [-0.1, -0.05) is 23.2 Å². The normalized spacial score (nSPS) is 12.0. The summed E-state index contributed by atoms with van der Waals surface area (Å²) in [7, 11) is 0. The number of aryl methyl sites for hydroxylation is 1. The zero-order valence-corrected chi connectivity index (χ0v) is 15.3. The maximum absolute atomic E-state index is 12.8. The summed E-state index contributed by atoms with van der Waals surface area (Å²) < 4.78 is 83.1. The number of benzene rings is 1. The van der Waals surface area contributed by atoms with Gasteiger partial charge >= 0.3 is 64.5 Å². The molecule has 0 N–H and O–H groups in total. The second-order valence-electron chi connectivity index (χ2n) is 4.49. The molecule has 0 aliphatic carbocycles. The molecule has 0 aliphatic heterocycles. The number of hydrogen-bond donors (Lipinski definition) is 0. The van der Waals surface area contributed by atoms with E-state index in [2.05, 4.69) is 4.74 Å². The molecule has 0 saturated heterocycles. The van der Waals surface area contributed by atoms with Crippen LogP contribution in [0.2, 0.25) is 0 Å². The van der Waals surface area contributed by atoms with Gasteiger partial charge in [-0.25, -0.2) is 0 Å². The second-order valence-corrected chi connectivity index (χ2v) is 4.49. The van der Waals surface area contributed by atoms with Crippen LogP contribution >= 0.6 is 0 Å². The number of ether oxygens (including phenoxy) is 2. The van der Waals surface area contributed by atoms with Gasteiger partial charge in [0.25, 0.3) is 0 Å². The average molecular weight is 354 g/mol. The van der Waals surface area contributed by atoms with Crippen molar-refractivity contribution in [1.29, 1.82) is 0 Å². The maximum atomic E-state index is 12.8. The molecule has 0 aromatic heterocycles. The summed E-state index contributed by atoms with van der Waals surface area (Å²) in [5, 5.41) is 0. The number of hydrogen-bond acceptors (Lipinski definition) is 2. The van der Waals surface area contributed by atoms with Gasteiger partial charge in [0, 0.05) is 6.42 Å². The van der Waals surface area contributed by atoms with Gasteiger partial charge in [0.1, 0.15) is 6.61 Å². The quantitative estimate of drug-likeness (QED) is 0.401. The number of halogens is 6. The Hall–Kier alpha value is 0.261. The topological polar surface area (TPSA) is 18.5 Å². The molecule has 2 nitrogen and oxygen atoms in total. The molecule has 0 saturated carbocycles. The van der Waals surface area contributed by atoms with Crippen molar-refractivity contribution in [3.05, 3.63) is 23.8 Å². The van der Waals surface area contributed by atoms with E-state index in [9.17, 15) is 26.1 Å². The number of alkyl halides is 3. The molecule has 1 aromatic rings. The van der Waals surface area contributed by atoms with E-state index < -0.39 is 25.2 Å². The largest absolute Gasteiger partial charge is 1.00 e. The zero-order valence-electron chi connectivity index (χ0n) is 12.2. The second kappa shape index (κ2) is 9.53. The summed E-state index contributed by atoms with van der Waals surface area (Å²) in [6.07, 6.45) is -4.35. The van der Waals surface area contributed by atoms with Gasteiger partial charge in [-0.15, -0.1) is 0 Å². The fourth-order valence-corrected chi connectivity index (χ4v) is 1.59. The van der Waals surface area contributed by atoms with Gasteiger partial charge in [-0.3, -0.25) is 0 Å². The summed E-state index contributed by atoms with van der Waals surface area (Å²) in [5.74, 6) is -0.316. The van der Waals surface area contributed by atoms with Gasteiger partial charge in [-0.2, -0.15) is 13.2 Å². The van der Waals surface area contributed by atoms with Crippen LogP contribution in [0.3, 0.4) is 0 Å². The monoisotopic (exact) mass is 354 g/mol. The molecule has 120 valence electrons. The van der Waals surface area contributed by atoms with Crippen LogP contribution in [0.1, 0.15) is 12.0 Å². The first-order chi connectivity index (χ1) is 9.59. The van der Waals surface area contributed by atoms with E-state index in [1.165, 1.54) is 19.1 Å². The molecule has 0 aliphatic rings. The van der Waals surface area contributed by atoms with E-state index in [0.717, 1.165) is 6.07 Å². The molecule has 22 heavy (non-hydrogen) atoms. The molecule has 1 rings (SSSR count). The predicted molar refractivity (Wildman–Crippen MR) is 66.9 cm³/mol. The van der Waals surface area contributed by atoms with Crippen molar-refractivity contribution in [3.8, 4) is 5.75 Å².